The van der Waals surface area contributed by atoms with Gasteiger partial charge in [0.2, 0.25) is 5.95 Å². The summed E-state index contributed by atoms with van der Waals surface area (Å²) in [5.74, 6) is -0.670. The highest BCUT2D eigenvalue weighted by molar-refractivity contribution is 5.49. The number of alkyl halides is 3. The van der Waals surface area contributed by atoms with Crippen molar-refractivity contribution >= 4 is 5.69 Å². The number of anilines is 1. The van der Waals surface area contributed by atoms with Gasteiger partial charge in [-0.25, -0.2) is 4.98 Å². The van der Waals surface area contributed by atoms with E-state index < -0.39 is 23.7 Å². The Morgan fingerprint density at radius 3 is 2.46 bits per heavy atom. The number of rotatable bonds is 4. The van der Waals surface area contributed by atoms with Crippen LogP contribution in [0.15, 0.2) is 55.0 Å². The second kappa shape index (κ2) is 6.31. The van der Waals surface area contributed by atoms with Crippen molar-refractivity contribution in [2.45, 2.75) is 12.2 Å². The average Bonchev–Trinajstić information content (AvgIpc) is 3.08. The van der Waals surface area contributed by atoms with Crippen molar-refractivity contribution in [1.29, 1.82) is 0 Å². The van der Waals surface area contributed by atoms with Crippen molar-refractivity contribution in [3.8, 4) is 0 Å². The molecule has 1 aromatic carbocycles. The number of pyridine rings is 1. The summed E-state index contributed by atoms with van der Waals surface area (Å²) in [5.41, 5.74) is 0.185. The van der Waals surface area contributed by atoms with Crippen LogP contribution in [0, 0.1) is 5.95 Å². The monoisotopic (exact) mass is 336 g/mol. The van der Waals surface area contributed by atoms with Gasteiger partial charge in [-0.15, -0.1) is 0 Å². The summed E-state index contributed by atoms with van der Waals surface area (Å²) >= 11 is 0. The Morgan fingerprint density at radius 1 is 1.04 bits per heavy atom. The third-order valence-corrected chi connectivity index (χ3v) is 3.47. The molecule has 3 rings (SSSR count). The van der Waals surface area contributed by atoms with Gasteiger partial charge in [0.1, 0.15) is 0 Å². The average molecular weight is 336 g/mol. The quantitative estimate of drug-likeness (QED) is 0.555. The molecule has 0 fully saturated rings. The molecule has 4 nitrogen and oxygen atoms in total. The van der Waals surface area contributed by atoms with Crippen molar-refractivity contribution in [1.82, 2.24) is 15.2 Å². The van der Waals surface area contributed by atoms with Crippen LogP contribution in [0.2, 0.25) is 0 Å². The molecule has 0 aliphatic heterocycles. The van der Waals surface area contributed by atoms with Gasteiger partial charge in [0, 0.05) is 11.8 Å². The first-order chi connectivity index (χ1) is 11.4. The molecule has 0 bridgehead atoms. The Bertz CT molecular complexity index is 798. The van der Waals surface area contributed by atoms with Crippen molar-refractivity contribution in [2.24, 2.45) is 0 Å². The zero-order valence-electron chi connectivity index (χ0n) is 12.2. The molecule has 0 spiro atoms. The van der Waals surface area contributed by atoms with E-state index in [0.29, 0.717) is 11.3 Å². The van der Waals surface area contributed by atoms with Gasteiger partial charge in [-0.3, -0.25) is 5.10 Å². The molecule has 2 heterocycles. The normalized spacial score (nSPS) is 12.8. The van der Waals surface area contributed by atoms with Crippen LogP contribution in [-0.2, 0) is 6.18 Å². The maximum Gasteiger partial charge on any atom is 0.416 e. The van der Waals surface area contributed by atoms with E-state index in [2.05, 4.69) is 20.5 Å². The predicted molar refractivity (Wildman–Crippen MR) is 79.7 cm³/mol. The largest absolute Gasteiger partial charge is 0.416 e. The molecule has 0 aliphatic rings. The standard InChI is InChI=1S/C16H12F4N4/c17-14-6-5-11(9-21-14)24-15(10-7-22-23-8-10)12-3-1-2-4-13(12)16(18,19)20/h1-9,15,24H,(H,22,23). The smallest absolute Gasteiger partial charge is 0.373 e. The number of nitrogens with one attached hydrogen (secondary N) is 2. The van der Waals surface area contributed by atoms with Gasteiger partial charge in [-0.05, 0) is 23.8 Å². The van der Waals surface area contributed by atoms with E-state index in [1.165, 1.54) is 42.9 Å². The highest BCUT2D eigenvalue weighted by atomic mass is 19.4. The number of aromatic amines is 1. The predicted octanol–water partition coefficient (Wildman–Crippen LogP) is 4.16. The van der Waals surface area contributed by atoms with Crippen LogP contribution in [0.5, 0.6) is 0 Å². The first-order valence-corrected chi connectivity index (χ1v) is 6.98. The van der Waals surface area contributed by atoms with Crippen molar-refractivity contribution in [3.63, 3.8) is 0 Å². The van der Waals surface area contributed by atoms with Crippen LogP contribution >= 0.6 is 0 Å². The summed E-state index contributed by atoms with van der Waals surface area (Å²) in [5, 5.41) is 9.33. The van der Waals surface area contributed by atoms with Crippen LogP contribution in [-0.4, -0.2) is 15.2 Å². The number of hydrogen-bond donors (Lipinski definition) is 2. The molecule has 8 heteroatoms. The van der Waals surface area contributed by atoms with Crippen LogP contribution in [0.1, 0.15) is 22.7 Å². The number of H-pyrrole nitrogens is 1. The van der Waals surface area contributed by atoms with E-state index >= 15 is 0 Å². The third kappa shape index (κ3) is 3.37. The molecule has 1 unspecified atom stereocenters. The van der Waals surface area contributed by atoms with Gasteiger partial charge in [-0.1, -0.05) is 18.2 Å². The molecule has 2 aromatic heterocycles. The van der Waals surface area contributed by atoms with E-state index in [0.717, 1.165) is 12.1 Å². The van der Waals surface area contributed by atoms with E-state index in [-0.39, 0.29) is 5.56 Å². The minimum atomic E-state index is -4.50. The summed E-state index contributed by atoms with van der Waals surface area (Å²) in [6.07, 6.45) is -0.344. The maximum atomic E-state index is 13.3. The number of nitrogens with zero attached hydrogens (tertiary/aromatic N) is 2. The van der Waals surface area contributed by atoms with Gasteiger partial charge in [0.15, 0.2) is 0 Å². The van der Waals surface area contributed by atoms with E-state index in [9.17, 15) is 17.6 Å². The third-order valence-electron chi connectivity index (χ3n) is 3.47. The zero-order valence-corrected chi connectivity index (χ0v) is 12.2. The summed E-state index contributed by atoms with van der Waals surface area (Å²) in [6, 6.07) is 6.99. The summed E-state index contributed by atoms with van der Waals surface area (Å²) in [6.45, 7) is 0. The second-order valence-electron chi connectivity index (χ2n) is 5.06. The number of hydrogen-bond acceptors (Lipinski definition) is 3. The Labute approximate surface area is 134 Å². The van der Waals surface area contributed by atoms with Gasteiger partial charge in [0.05, 0.1) is 29.7 Å². The molecule has 124 valence electrons. The molecular formula is C16H12F4N4. The van der Waals surface area contributed by atoms with Crippen LogP contribution in [0.3, 0.4) is 0 Å². The summed E-state index contributed by atoms with van der Waals surface area (Å²) in [7, 11) is 0. The van der Waals surface area contributed by atoms with Gasteiger partial charge >= 0.3 is 6.18 Å². The fourth-order valence-electron chi connectivity index (χ4n) is 2.39. The van der Waals surface area contributed by atoms with Crippen molar-refractivity contribution in [2.75, 3.05) is 5.32 Å². The molecular weight excluding hydrogens is 324 g/mol. The lowest BCUT2D eigenvalue weighted by Gasteiger charge is -2.23. The molecule has 0 saturated carbocycles. The van der Waals surface area contributed by atoms with Crippen LogP contribution in [0.25, 0.3) is 0 Å². The first-order valence-electron chi connectivity index (χ1n) is 6.98. The Kier molecular flexibility index (Phi) is 4.20. The highest BCUT2D eigenvalue weighted by Crippen LogP contribution is 2.37. The highest BCUT2D eigenvalue weighted by Gasteiger charge is 2.35. The van der Waals surface area contributed by atoms with Crippen LogP contribution < -0.4 is 5.32 Å². The molecule has 0 amide bonds. The van der Waals surface area contributed by atoms with Gasteiger partial charge in [0.25, 0.3) is 0 Å². The lowest BCUT2D eigenvalue weighted by atomic mass is 9.95. The van der Waals surface area contributed by atoms with E-state index in [4.69, 9.17) is 0 Å². The molecule has 0 saturated heterocycles. The van der Waals surface area contributed by atoms with E-state index in [1.807, 2.05) is 0 Å². The number of benzene rings is 1. The Hall–Kier alpha value is -2.90. The van der Waals surface area contributed by atoms with Crippen molar-refractivity contribution < 1.29 is 17.6 Å². The summed E-state index contributed by atoms with van der Waals surface area (Å²) in [4.78, 5) is 3.50. The minimum absolute atomic E-state index is 0.0377. The molecule has 0 aliphatic carbocycles. The van der Waals surface area contributed by atoms with Gasteiger partial charge < -0.3 is 5.32 Å². The van der Waals surface area contributed by atoms with Crippen LogP contribution in [0.4, 0.5) is 23.2 Å². The molecule has 1 atom stereocenters. The molecule has 24 heavy (non-hydrogen) atoms. The van der Waals surface area contributed by atoms with Gasteiger partial charge in [-0.2, -0.15) is 22.7 Å². The second-order valence-corrected chi connectivity index (χ2v) is 5.06. The lowest BCUT2D eigenvalue weighted by Crippen LogP contribution is -2.18. The fraction of sp³-hybridized carbons (Fsp3) is 0.125. The maximum absolute atomic E-state index is 13.3. The van der Waals surface area contributed by atoms with Crippen molar-refractivity contribution in [3.05, 3.63) is 77.6 Å². The molecule has 2 N–H and O–H groups in total. The Morgan fingerprint density at radius 2 is 1.83 bits per heavy atom. The lowest BCUT2D eigenvalue weighted by molar-refractivity contribution is -0.138. The summed E-state index contributed by atoms with van der Waals surface area (Å²) < 4.78 is 52.9. The molecule has 0 radical (unpaired) electrons. The number of aromatic nitrogens is 3. The first kappa shape index (κ1) is 16.0. The minimum Gasteiger partial charge on any atom is -0.373 e. The Balaban J connectivity index is 2.05. The zero-order chi connectivity index (χ0) is 17.2. The number of halogens is 4. The van der Waals surface area contributed by atoms with E-state index in [1.54, 1.807) is 0 Å². The topological polar surface area (TPSA) is 53.6 Å². The molecule has 3 aromatic rings. The fourth-order valence-corrected chi connectivity index (χ4v) is 2.39. The SMILES string of the molecule is Fc1ccc(NC(c2cn[nH]c2)c2ccccc2C(F)(F)F)cn1.